The maximum atomic E-state index is 12.4. The van der Waals surface area contributed by atoms with Crippen molar-refractivity contribution in [1.82, 2.24) is 5.16 Å². The van der Waals surface area contributed by atoms with Crippen LogP contribution in [0.3, 0.4) is 0 Å². The molecule has 8 nitrogen and oxygen atoms in total. The highest BCUT2D eigenvalue weighted by atomic mass is 16.5. The second-order valence-corrected chi connectivity index (χ2v) is 7.21. The van der Waals surface area contributed by atoms with Crippen LogP contribution in [0.1, 0.15) is 32.9 Å². The number of nitrogens with zero attached hydrogens (tertiary/aromatic N) is 2. The Balaban J connectivity index is 2.07. The molecule has 3 N–H and O–H groups in total. The molecule has 0 atom stereocenters. The van der Waals surface area contributed by atoms with Crippen LogP contribution < -0.4 is 20.7 Å². The van der Waals surface area contributed by atoms with Gasteiger partial charge in [0.15, 0.2) is 0 Å². The molecule has 0 saturated carbocycles. The van der Waals surface area contributed by atoms with E-state index in [9.17, 15) is 9.59 Å². The first-order valence-electron chi connectivity index (χ1n) is 8.63. The first kappa shape index (κ1) is 20.3. The van der Waals surface area contributed by atoms with Crippen LogP contribution in [0.2, 0.25) is 0 Å². The van der Waals surface area contributed by atoms with E-state index < -0.39 is 5.91 Å². The number of hydrogen-bond acceptors (Lipinski definition) is 6. The van der Waals surface area contributed by atoms with Crippen molar-refractivity contribution in [3.05, 3.63) is 36.0 Å². The third-order valence-electron chi connectivity index (χ3n) is 3.94. The Bertz CT molecular complexity index is 778. The van der Waals surface area contributed by atoms with Gasteiger partial charge in [0, 0.05) is 30.1 Å². The largest absolute Gasteiger partial charge is 0.497 e. The summed E-state index contributed by atoms with van der Waals surface area (Å²) in [7, 11) is 1.58. The molecule has 1 aromatic carbocycles. The molecule has 0 bridgehead atoms. The lowest BCUT2D eigenvalue weighted by atomic mass is 9.92. The predicted octanol–water partition coefficient (Wildman–Crippen LogP) is 2.30. The molecule has 0 spiro atoms. The highest BCUT2D eigenvalue weighted by Gasteiger charge is 2.20. The Morgan fingerprint density at radius 1 is 1.26 bits per heavy atom. The Labute approximate surface area is 158 Å². The lowest BCUT2D eigenvalue weighted by molar-refractivity contribution is -0.118. The summed E-state index contributed by atoms with van der Waals surface area (Å²) in [5, 5.41) is 6.67. The van der Waals surface area contributed by atoms with Crippen LogP contribution in [0, 0.1) is 0 Å². The number of rotatable bonds is 8. The highest BCUT2D eigenvalue weighted by molar-refractivity contribution is 5.93. The topological polar surface area (TPSA) is 111 Å². The second-order valence-electron chi connectivity index (χ2n) is 7.21. The van der Waals surface area contributed by atoms with Crippen LogP contribution in [-0.4, -0.2) is 37.2 Å². The molecular formula is C19H26N4O4. The van der Waals surface area contributed by atoms with Crippen LogP contribution in [-0.2, 0) is 15.0 Å². The smallest absolute Gasteiger partial charge is 0.246 e. The van der Waals surface area contributed by atoms with Gasteiger partial charge in [-0.3, -0.25) is 14.9 Å². The van der Waals surface area contributed by atoms with Crippen LogP contribution in [0.15, 0.2) is 34.9 Å². The number of benzene rings is 1. The maximum Gasteiger partial charge on any atom is 0.246 e. The number of methoxy groups -OCH3 is 1. The molecule has 8 heteroatoms. The zero-order valence-electron chi connectivity index (χ0n) is 16.1. The number of nitrogens with two attached hydrogens (primary N) is 1. The predicted molar refractivity (Wildman–Crippen MR) is 103 cm³/mol. The minimum atomic E-state index is -0.432. The molecule has 146 valence electrons. The number of hydrogen-bond donors (Lipinski definition) is 2. The molecule has 27 heavy (non-hydrogen) atoms. The molecule has 0 radical (unpaired) electrons. The number of nitrogens with one attached hydrogen (secondary N) is 1. The molecule has 0 saturated heterocycles. The van der Waals surface area contributed by atoms with Gasteiger partial charge in [-0.15, -0.1) is 0 Å². The van der Waals surface area contributed by atoms with E-state index in [2.05, 4.69) is 10.5 Å². The Hall–Kier alpha value is -3.03. The molecule has 2 rings (SSSR count). The molecule has 0 aliphatic heterocycles. The van der Waals surface area contributed by atoms with Gasteiger partial charge in [-0.2, -0.15) is 0 Å². The average Bonchev–Trinajstić information content (AvgIpc) is 3.07. The summed E-state index contributed by atoms with van der Waals surface area (Å²) in [5.41, 5.74) is 6.60. The normalized spacial score (nSPS) is 11.1. The zero-order chi connectivity index (χ0) is 20.0. The van der Waals surface area contributed by atoms with Gasteiger partial charge in [0.05, 0.1) is 19.3 Å². The van der Waals surface area contributed by atoms with E-state index in [4.69, 9.17) is 15.0 Å². The lowest BCUT2D eigenvalue weighted by Crippen LogP contribution is -2.35. The summed E-state index contributed by atoms with van der Waals surface area (Å²) in [6.07, 6.45) is 0.135. The third kappa shape index (κ3) is 6.02. The summed E-state index contributed by atoms with van der Waals surface area (Å²) >= 11 is 0. The van der Waals surface area contributed by atoms with Crippen molar-refractivity contribution in [2.75, 3.05) is 30.4 Å². The van der Waals surface area contributed by atoms with E-state index in [1.807, 2.05) is 32.9 Å². The summed E-state index contributed by atoms with van der Waals surface area (Å²) in [6, 6.07) is 8.92. The standard InChI is InChI=1S/C19H26N4O4/c1-19(2,3)15-11-18(27-22-15)21-17(25)12-23(10-9-16(20)24)13-5-7-14(26-4)8-6-13/h5-8,11H,9-10,12H2,1-4H3,(H2,20,24)(H,21,25). The second kappa shape index (κ2) is 8.57. The molecule has 2 amide bonds. The van der Waals surface area contributed by atoms with Gasteiger partial charge in [-0.1, -0.05) is 25.9 Å². The molecule has 1 heterocycles. The van der Waals surface area contributed by atoms with Crippen molar-refractivity contribution in [2.24, 2.45) is 5.73 Å². The Morgan fingerprint density at radius 2 is 1.93 bits per heavy atom. The Kier molecular flexibility index (Phi) is 6.44. The van der Waals surface area contributed by atoms with Gasteiger partial charge in [0.2, 0.25) is 17.7 Å². The van der Waals surface area contributed by atoms with Crippen molar-refractivity contribution in [3.8, 4) is 5.75 Å². The van der Waals surface area contributed by atoms with E-state index in [1.54, 1.807) is 30.2 Å². The number of carbonyl (C=O) groups excluding carboxylic acids is 2. The van der Waals surface area contributed by atoms with Crippen LogP contribution in [0.5, 0.6) is 5.75 Å². The quantitative estimate of drug-likeness (QED) is 0.733. The van der Waals surface area contributed by atoms with Gasteiger partial charge in [0.25, 0.3) is 0 Å². The fourth-order valence-electron chi connectivity index (χ4n) is 2.38. The molecule has 1 aromatic heterocycles. The summed E-state index contributed by atoms with van der Waals surface area (Å²) < 4.78 is 10.3. The number of primary amides is 1. The maximum absolute atomic E-state index is 12.4. The molecule has 0 aliphatic carbocycles. The molecule has 0 unspecified atom stereocenters. The van der Waals surface area contributed by atoms with Crippen molar-refractivity contribution >= 4 is 23.4 Å². The van der Waals surface area contributed by atoms with Gasteiger partial charge in [0.1, 0.15) is 5.75 Å². The van der Waals surface area contributed by atoms with Gasteiger partial charge in [-0.25, -0.2) is 0 Å². The number of anilines is 2. The summed E-state index contributed by atoms with van der Waals surface area (Å²) in [5.74, 6) is 0.273. The fraction of sp³-hybridized carbons (Fsp3) is 0.421. The number of amides is 2. The SMILES string of the molecule is COc1ccc(N(CCC(N)=O)CC(=O)Nc2cc(C(C)(C)C)no2)cc1. The molecule has 0 aliphatic rings. The average molecular weight is 374 g/mol. The highest BCUT2D eigenvalue weighted by Crippen LogP contribution is 2.24. The van der Waals surface area contributed by atoms with Crippen molar-refractivity contribution < 1.29 is 18.8 Å². The zero-order valence-corrected chi connectivity index (χ0v) is 16.1. The number of ether oxygens (including phenoxy) is 1. The minimum Gasteiger partial charge on any atom is -0.497 e. The monoisotopic (exact) mass is 374 g/mol. The van der Waals surface area contributed by atoms with Gasteiger partial charge < -0.3 is 19.9 Å². The van der Waals surface area contributed by atoms with Crippen molar-refractivity contribution in [3.63, 3.8) is 0 Å². The van der Waals surface area contributed by atoms with Crippen LogP contribution >= 0.6 is 0 Å². The first-order valence-corrected chi connectivity index (χ1v) is 8.63. The fourth-order valence-corrected chi connectivity index (χ4v) is 2.38. The Morgan fingerprint density at radius 3 is 2.44 bits per heavy atom. The third-order valence-corrected chi connectivity index (χ3v) is 3.94. The van der Waals surface area contributed by atoms with Crippen molar-refractivity contribution in [1.29, 1.82) is 0 Å². The lowest BCUT2D eigenvalue weighted by Gasteiger charge is -2.23. The minimum absolute atomic E-state index is 0.0329. The van der Waals surface area contributed by atoms with Gasteiger partial charge >= 0.3 is 0 Å². The number of aromatic nitrogens is 1. The first-order chi connectivity index (χ1) is 12.7. The number of carbonyl (C=O) groups is 2. The van der Waals surface area contributed by atoms with E-state index >= 15 is 0 Å². The molecular weight excluding hydrogens is 348 g/mol. The molecule has 2 aromatic rings. The van der Waals surface area contributed by atoms with Gasteiger partial charge in [-0.05, 0) is 24.3 Å². The van der Waals surface area contributed by atoms with Crippen molar-refractivity contribution in [2.45, 2.75) is 32.6 Å². The molecule has 0 fully saturated rings. The van der Waals surface area contributed by atoms with Crippen LogP contribution in [0.25, 0.3) is 0 Å². The summed E-state index contributed by atoms with van der Waals surface area (Å²) in [4.78, 5) is 25.4. The van der Waals surface area contributed by atoms with E-state index in [-0.39, 0.29) is 30.2 Å². The van der Waals surface area contributed by atoms with E-state index in [1.165, 1.54) is 0 Å². The van der Waals surface area contributed by atoms with E-state index in [0.29, 0.717) is 12.3 Å². The summed E-state index contributed by atoms with van der Waals surface area (Å²) in [6.45, 7) is 6.37. The van der Waals surface area contributed by atoms with Crippen LogP contribution in [0.4, 0.5) is 11.6 Å². The van der Waals surface area contributed by atoms with E-state index in [0.717, 1.165) is 11.4 Å².